The van der Waals surface area contributed by atoms with Crippen molar-refractivity contribution in [1.29, 1.82) is 0 Å². The normalized spacial score (nSPS) is 19.2. The first-order chi connectivity index (χ1) is 8.61. The Hall–Kier alpha value is -1.62. The summed E-state index contributed by atoms with van der Waals surface area (Å²) in [4.78, 5) is 13.1. The Morgan fingerprint density at radius 2 is 2.39 bits per heavy atom. The van der Waals surface area contributed by atoms with Gasteiger partial charge in [0.1, 0.15) is 5.82 Å². The number of nitrogens with zero attached hydrogens (tertiary/aromatic N) is 1. The Bertz CT molecular complexity index is 450. The van der Waals surface area contributed by atoms with Crippen LogP contribution in [0.5, 0.6) is 0 Å². The average Bonchev–Trinajstić information content (AvgIpc) is 2.78. The molecule has 0 spiro atoms. The van der Waals surface area contributed by atoms with E-state index in [4.69, 9.17) is 9.84 Å². The van der Waals surface area contributed by atoms with E-state index < -0.39 is 11.8 Å². The van der Waals surface area contributed by atoms with Gasteiger partial charge in [-0.3, -0.25) is 0 Å². The molecule has 2 rings (SSSR count). The fraction of sp³-hybridized carbons (Fsp3) is 0.462. The molecule has 1 N–H and O–H groups in total. The summed E-state index contributed by atoms with van der Waals surface area (Å²) in [6.07, 6.45) is 0.963. The summed E-state index contributed by atoms with van der Waals surface area (Å²) in [6.45, 7) is 2.19. The minimum absolute atomic E-state index is 0.0214. The fourth-order valence-corrected chi connectivity index (χ4v) is 2.38. The SMILES string of the molecule is COCC1CCN(c2ccc(F)cc2C(=O)O)C1. The minimum Gasteiger partial charge on any atom is -0.478 e. The first-order valence-corrected chi connectivity index (χ1v) is 5.88. The molecular formula is C13H16FNO3. The number of rotatable bonds is 4. The van der Waals surface area contributed by atoms with Crippen molar-refractivity contribution in [3.63, 3.8) is 0 Å². The molecule has 18 heavy (non-hydrogen) atoms. The lowest BCUT2D eigenvalue weighted by molar-refractivity contribution is 0.0697. The van der Waals surface area contributed by atoms with Crippen LogP contribution in [0.4, 0.5) is 10.1 Å². The first-order valence-electron chi connectivity index (χ1n) is 5.88. The van der Waals surface area contributed by atoms with E-state index in [1.165, 1.54) is 12.1 Å². The quantitative estimate of drug-likeness (QED) is 0.891. The van der Waals surface area contributed by atoms with Crippen molar-refractivity contribution in [2.24, 2.45) is 5.92 Å². The van der Waals surface area contributed by atoms with Gasteiger partial charge >= 0.3 is 5.97 Å². The summed E-state index contributed by atoms with van der Waals surface area (Å²) < 4.78 is 18.2. The highest BCUT2D eigenvalue weighted by Gasteiger charge is 2.25. The second-order valence-electron chi connectivity index (χ2n) is 4.52. The predicted octanol–water partition coefficient (Wildman–Crippen LogP) is 2.00. The van der Waals surface area contributed by atoms with E-state index in [9.17, 15) is 9.18 Å². The second-order valence-corrected chi connectivity index (χ2v) is 4.52. The Labute approximate surface area is 105 Å². The Morgan fingerprint density at radius 3 is 3.06 bits per heavy atom. The summed E-state index contributed by atoms with van der Waals surface area (Å²) in [5.41, 5.74) is 0.607. The summed E-state index contributed by atoms with van der Waals surface area (Å²) in [5, 5.41) is 9.10. The van der Waals surface area contributed by atoms with Gasteiger partial charge in [0.2, 0.25) is 0 Å². The molecular weight excluding hydrogens is 237 g/mol. The van der Waals surface area contributed by atoms with Gasteiger partial charge in [-0.15, -0.1) is 0 Å². The van der Waals surface area contributed by atoms with E-state index in [1.807, 2.05) is 4.90 Å². The average molecular weight is 253 g/mol. The maximum absolute atomic E-state index is 13.1. The van der Waals surface area contributed by atoms with Crippen molar-refractivity contribution in [1.82, 2.24) is 0 Å². The van der Waals surface area contributed by atoms with E-state index in [2.05, 4.69) is 0 Å². The zero-order chi connectivity index (χ0) is 13.1. The minimum atomic E-state index is -1.10. The van der Waals surface area contributed by atoms with E-state index in [0.717, 1.165) is 25.6 Å². The van der Waals surface area contributed by atoms with E-state index >= 15 is 0 Å². The molecule has 1 heterocycles. The van der Waals surface area contributed by atoms with Crippen LogP contribution < -0.4 is 4.90 Å². The first kappa shape index (κ1) is 12.8. The predicted molar refractivity (Wildman–Crippen MR) is 65.6 cm³/mol. The smallest absolute Gasteiger partial charge is 0.337 e. The molecule has 0 saturated carbocycles. The number of carboxylic acid groups (broad SMARTS) is 1. The highest BCUT2D eigenvalue weighted by Crippen LogP contribution is 2.28. The van der Waals surface area contributed by atoms with Crippen LogP contribution in [0.1, 0.15) is 16.8 Å². The Balaban J connectivity index is 2.21. The third-order valence-electron chi connectivity index (χ3n) is 3.22. The molecule has 0 amide bonds. The lowest BCUT2D eigenvalue weighted by Crippen LogP contribution is -2.23. The molecule has 1 fully saturated rings. The molecule has 5 heteroatoms. The molecule has 1 aliphatic heterocycles. The second kappa shape index (κ2) is 5.35. The number of methoxy groups -OCH3 is 1. The molecule has 0 aliphatic carbocycles. The van der Waals surface area contributed by atoms with Crippen molar-refractivity contribution < 1.29 is 19.0 Å². The van der Waals surface area contributed by atoms with Gasteiger partial charge in [-0.25, -0.2) is 9.18 Å². The highest BCUT2D eigenvalue weighted by molar-refractivity contribution is 5.94. The summed E-state index contributed by atoms with van der Waals surface area (Å²) in [5.74, 6) is -1.22. The number of ether oxygens (including phenoxy) is 1. The number of aromatic carboxylic acids is 1. The number of carboxylic acids is 1. The van der Waals surface area contributed by atoms with Gasteiger partial charge in [0.25, 0.3) is 0 Å². The topological polar surface area (TPSA) is 49.8 Å². The number of halogens is 1. The number of hydrogen-bond acceptors (Lipinski definition) is 3. The highest BCUT2D eigenvalue weighted by atomic mass is 19.1. The standard InChI is InChI=1S/C13H16FNO3/c1-18-8-9-4-5-15(7-9)12-3-2-10(14)6-11(12)13(16)17/h2-3,6,9H,4-5,7-8H2,1H3,(H,16,17). The van der Waals surface area contributed by atoms with Gasteiger partial charge in [-0.05, 0) is 24.6 Å². The zero-order valence-electron chi connectivity index (χ0n) is 10.2. The Kier molecular flexibility index (Phi) is 3.81. The Morgan fingerprint density at radius 1 is 1.61 bits per heavy atom. The van der Waals surface area contributed by atoms with Crippen LogP contribution >= 0.6 is 0 Å². The van der Waals surface area contributed by atoms with Crippen molar-refractivity contribution in [3.8, 4) is 0 Å². The van der Waals surface area contributed by atoms with Crippen molar-refractivity contribution in [2.45, 2.75) is 6.42 Å². The van der Waals surface area contributed by atoms with Crippen molar-refractivity contribution in [2.75, 3.05) is 31.7 Å². The number of anilines is 1. The molecule has 1 saturated heterocycles. The molecule has 0 aromatic heterocycles. The summed E-state index contributed by atoms with van der Waals surface area (Å²) >= 11 is 0. The maximum atomic E-state index is 13.1. The zero-order valence-corrected chi connectivity index (χ0v) is 10.2. The molecule has 0 radical (unpaired) electrons. The van der Waals surface area contributed by atoms with Gasteiger partial charge in [0, 0.05) is 26.1 Å². The van der Waals surface area contributed by atoms with Crippen LogP contribution in [-0.4, -0.2) is 37.9 Å². The molecule has 1 aromatic carbocycles. The molecule has 4 nitrogen and oxygen atoms in total. The van der Waals surface area contributed by atoms with Crippen LogP contribution in [0.15, 0.2) is 18.2 Å². The van der Waals surface area contributed by atoms with Crippen LogP contribution in [0.25, 0.3) is 0 Å². The maximum Gasteiger partial charge on any atom is 0.337 e. The van der Waals surface area contributed by atoms with Gasteiger partial charge in [-0.2, -0.15) is 0 Å². The summed E-state index contributed by atoms with van der Waals surface area (Å²) in [7, 11) is 1.66. The lowest BCUT2D eigenvalue weighted by atomic mass is 10.1. The van der Waals surface area contributed by atoms with Gasteiger partial charge in [0.05, 0.1) is 17.9 Å². The molecule has 0 bridgehead atoms. The number of benzene rings is 1. The number of hydrogen-bond donors (Lipinski definition) is 1. The largest absolute Gasteiger partial charge is 0.478 e. The van der Waals surface area contributed by atoms with Crippen LogP contribution in [0.3, 0.4) is 0 Å². The van der Waals surface area contributed by atoms with Crippen LogP contribution in [0.2, 0.25) is 0 Å². The third-order valence-corrected chi connectivity index (χ3v) is 3.22. The lowest BCUT2D eigenvalue weighted by Gasteiger charge is -2.20. The van der Waals surface area contributed by atoms with Gasteiger partial charge in [0.15, 0.2) is 0 Å². The third kappa shape index (κ3) is 2.61. The van der Waals surface area contributed by atoms with Crippen molar-refractivity contribution in [3.05, 3.63) is 29.6 Å². The van der Waals surface area contributed by atoms with E-state index in [0.29, 0.717) is 18.2 Å². The molecule has 1 unspecified atom stereocenters. The van der Waals surface area contributed by atoms with Crippen molar-refractivity contribution >= 4 is 11.7 Å². The summed E-state index contributed by atoms with van der Waals surface area (Å²) in [6, 6.07) is 3.90. The molecule has 1 aromatic rings. The van der Waals surface area contributed by atoms with E-state index in [1.54, 1.807) is 7.11 Å². The van der Waals surface area contributed by atoms with Gasteiger partial charge < -0.3 is 14.7 Å². The van der Waals surface area contributed by atoms with Crippen LogP contribution in [0, 0.1) is 11.7 Å². The molecule has 1 aliphatic rings. The monoisotopic (exact) mass is 253 g/mol. The van der Waals surface area contributed by atoms with E-state index in [-0.39, 0.29) is 5.56 Å². The fourth-order valence-electron chi connectivity index (χ4n) is 2.38. The molecule has 1 atom stereocenters. The number of carbonyl (C=O) groups is 1. The van der Waals surface area contributed by atoms with Gasteiger partial charge in [-0.1, -0.05) is 0 Å². The van der Waals surface area contributed by atoms with Crippen LogP contribution in [-0.2, 0) is 4.74 Å². The molecule has 98 valence electrons.